The van der Waals surface area contributed by atoms with Gasteiger partial charge in [0.15, 0.2) is 0 Å². The molecule has 0 bridgehead atoms. The molecule has 146 valence electrons. The molecule has 0 spiro atoms. The fourth-order valence-electron chi connectivity index (χ4n) is 2.46. The van der Waals surface area contributed by atoms with E-state index in [0.29, 0.717) is 12.1 Å². The molecule has 0 aliphatic rings. The summed E-state index contributed by atoms with van der Waals surface area (Å²) in [6.45, 7) is 0. The molecule has 0 aliphatic heterocycles. The van der Waals surface area contributed by atoms with Crippen LogP contribution in [-0.4, -0.2) is 23.9 Å². The summed E-state index contributed by atoms with van der Waals surface area (Å²) in [7, 11) is -2.97. The molecule has 1 heterocycles. The number of imidazole rings is 1. The van der Waals surface area contributed by atoms with Gasteiger partial charge in [-0.25, -0.2) is 31.3 Å². The molecule has 28 heavy (non-hydrogen) atoms. The first kappa shape index (κ1) is 19.9. The van der Waals surface area contributed by atoms with Crippen LogP contribution in [0.5, 0.6) is 0 Å². The van der Waals surface area contributed by atoms with Crippen molar-refractivity contribution < 1.29 is 26.4 Å². The second kappa shape index (κ2) is 7.28. The van der Waals surface area contributed by atoms with Crippen LogP contribution in [0.25, 0.3) is 11.4 Å². The maximum atomic E-state index is 14.0. The van der Waals surface area contributed by atoms with Crippen molar-refractivity contribution in [1.29, 1.82) is 0 Å². The Morgan fingerprint density at radius 1 is 1.14 bits per heavy atom. The number of hydrogen-bond donors (Lipinski definition) is 1. The number of carbonyl (C=O) groups is 1. The molecule has 0 unspecified atom stereocenters. The minimum Gasteiger partial charge on any atom is -0.333 e. The van der Waals surface area contributed by atoms with Gasteiger partial charge < -0.3 is 4.57 Å². The smallest absolute Gasteiger partial charge is 0.285 e. The number of amides is 1. The Hall–Kier alpha value is -2.85. The highest BCUT2D eigenvalue weighted by Gasteiger charge is 2.25. The zero-order valence-corrected chi connectivity index (χ0v) is 15.7. The Kier molecular flexibility index (Phi) is 5.18. The van der Waals surface area contributed by atoms with E-state index in [1.54, 1.807) is 4.72 Å². The average molecular weight is 430 g/mol. The number of carbonyl (C=O) groups excluding carboxylic acids is 1. The highest BCUT2D eigenvalue weighted by molar-refractivity contribution is 7.90. The summed E-state index contributed by atoms with van der Waals surface area (Å²) in [5, 5.41) is -0.0973. The van der Waals surface area contributed by atoms with Crippen LogP contribution in [0.2, 0.25) is 5.02 Å². The third kappa shape index (κ3) is 3.73. The summed E-state index contributed by atoms with van der Waals surface area (Å²) in [5.74, 6) is -5.01. The van der Waals surface area contributed by atoms with Crippen LogP contribution >= 0.6 is 11.6 Å². The predicted molar refractivity (Wildman–Crippen MR) is 94.6 cm³/mol. The molecular weight excluding hydrogens is 419 g/mol. The zero-order chi connectivity index (χ0) is 20.6. The number of rotatable bonds is 4. The van der Waals surface area contributed by atoms with Crippen molar-refractivity contribution in [3.63, 3.8) is 0 Å². The van der Waals surface area contributed by atoms with Gasteiger partial charge in [0.25, 0.3) is 15.9 Å². The van der Waals surface area contributed by atoms with Gasteiger partial charge in [0.1, 0.15) is 33.9 Å². The lowest BCUT2D eigenvalue weighted by molar-refractivity contribution is 0.0977. The summed E-state index contributed by atoms with van der Waals surface area (Å²) >= 11 is 5.83. The quantitative estimate of drug-likeness (QED) is 0.690. The number of nitrogens with zero attached hydrogens (tertiary/aromatic N) is 2. The normalized spacial score (nSPS) is 11.5. The highest BCUT2D eigenvalue weighted by atomic mass is 35.5. The van der Waals surface area contributed by atoms with Crippen molar-refractivity contribution in [2.24, 2.45) is 7.05 Å². The molecule has 2 aromatic carbocycles. The van der Waals surface area contributed by atoms with E-state index < -0.39 is 44.6 Å². The number of halogens is 4. The third-order valence-electron chi connectivity index (χ3n) is 3.69. The van der Waals surface area contributed by atoms with E-state index >= 15 is 0 Å². The van der Waals surface area contributed by atoms with Crippen molar-refractivity contribution in [3.05, 3.63) is 70.8 Å². The topological polar surface area (TPSA) is 81.1 Å². The van der Waals surface area contributed by atoms with E-state index in [2.05, 4.69) is 4.98 Å². The number of benzene rings is 2. The first-order valence-corrected chi connectivity index (χ1v) is 9.46. The van der Waals surface area contributed by atoms with Crippen molar-refractivity contribution >= 4 is 27.5 Å². The lowest BCUT2D eigenvalue weighted by atomic mass is 10.2. The molecule has 1 amide bonds. The van der Waals surface area contributed by atoms with Gasteiger partial charge in [-0.2, -0.15) is 0 Å². The number of sulfonamides is 1. The van der Waals surface area contributed by atoms with Gasteiger partial charge in [-0.15, -0.1) is 0 Å². The molecule has 3 aromatic rings. The predicted octanol–water partition coefficient (Wildman–Crippen LogP) is 3.28. The lowest BCUT2D eigenvalue weighted by Crippen LogP contribution is -2.31. The molecule has 0 radical (unpaired) electrons. The zero-order valence-electron chi connectivity index (χ0n) is 14.1. The lowest BCUT2D eigenvalue weighted by Gasteiger charge is -2.07. The number of aryl methyl sites for hydroxylation is 1. The molecule has 1 aromatic heterocycles. The maximum Gasteiger partial charge on any atom is 0.285 e. The molecule has 6 nitrogen and oxygen atoms in total. The van der Waals surface area contributed by atoms with E-state index in [1.807, 2.05) is 0 Å². The van der Waals surface area contributed by atoms with Crippen LogP contribution in [0, 0.1) is 17.5 Å². The summed E-state index contributed by atoms with van der Waals surface area (Å²) < 4.78 is 68.6. The fraction of sp³-hybridized carbons (Fsp3) is 0.0588. The van der Waals surface area contributed by atoms with Gasteiger partial charge in [0.05, 0.1) is 10.6 Å². The third-order valence-corrected chi connectivity index (χ3v) is 5.52. The Morgan fingerprint density at radius 3 is 2.36 bits per heavy atom. The molecule has 0 fully saturated rings. The van der Waals surface area contributed by atoms with E-state index in [4.69, 9.17) is 11.6 Å². The van der Waals surface area contributed by atoms with Gasteiger partial charge in [0, 0.05) is 25.4 Å². The Bertz CT molecular complexity index is 1170. The van der Waals surface area contributed by atoms with Crippen LogP contribution in [0.1, 0.15) is 10.5 Å². The largest absolute Gasteiger partial charge is 0.333 e. The molecule has 1 N–H and O–H groups in total. The Morgan fingerprint density at radius 2 is 1.75 bits per heavy atom. The van der Waals surface area contributed by atoms with Crippen LogP contribution in [0.3, 0.4) is 0 Å². The molecule has 0 aliphatic carbocycles. The van der Waals surface area contributed by atoms with Gasteiger partial charge >= 0.3 is 0 Å². The standard InChI is InChI=1S/C17H11ClF3N3O3S/c1-24-8-13(22-16(24)15-11(20)6-9(19)7-12(15)21)17(25)23-28(26,27)14-5-3-2-4-10(14)18/h2-8H,1H3,(H,23,25). The van der Waals surface area contributed by atoms with E-state index in [9.17, 15) is 26.4 Å². The summed E-state index contributed by atoms with van der Waals surface area (Å²) in [5.41, 5.74) is -1.08. The second-order valence-electron chi connectivity index (χ2n) is 5.67. The van der Waals surface area contributed by atoms with Crippen LogP contribution < -0.4 is 4.72 Å². The fourth-order valence-corrected chi connectivity index (χ4v) is 3.94. The molecule has 0 saturated heterocycles. The molecule has 0 saturated carbocycles. The van der Waals surface area contributed by atoms with Gasteiger partial charge in [0.2, 0.25) is 0 Å². The Labute approximate surface area is 162 Å². The first-order chi connectivity index (χ1) is 13.1. The monoisotopic (exact) mass is 429 g/mol. The number of nitrogens with one attached hydrogen (secondary N) is 1. The molecule has 3 rings (SSSR count). The Balaban J connectivity index is 1.96. The van der Waals surface area contributed by atoms with Gasteiger partial charge in [-0.1, -0.05) is 23.7 Å². The minimum absolute atomic E-state index is 0.0973. The van der Waals surface area contributed by atoms with Crippen molar-refractivity contribution in [1.82, 2.24) is 14.3 Å². The van der Waals surface area contributed by atoms with Gasteiger partial charge in [-0.3, -0.25) is 4.79 Å². The second-order valence-corrected chi connectivity index (χ2v) is 7.73. The molecule has 0 atom stereocenters. The maximum absolute atomic E-state index is 14.0. The SMILES string of the molecule is Cn1cc(C(=O)NS(=O)(=O)c2ccccc2Cl)nc1-c1c(F)cc(F)cc1F. The summed E-state index contributed by atoms with van der Waals surface area (Å²) in [6.07, 6.45) is 1.08. The van der Waals surface area contributed by atoms with Crippen molar-refractivity contribution in [2.45, 2.75) is 4.90 Å². The number of aromatic nitrogens is 2. The summed E-state index contributed by atoms with van der Waals surface area (Å²) in [6, 6.07) is 6.40. The van der Waals surface area contributed by atoms with Crippen molar-refractivity contribution in [2.75, 3.05) is 0 Å². The van der Waals surface area contributed by atoms with Crippen LogP contribution in [0.15, 0.2) is 47.5 Å². The highest BCUT2D eigenvalue weighted by Crippen LogP contribution is 2.26. The first-order valence-electron chi connectivity index (χ1n) is 7.60. The molecule has 11 heteroatoms. The van der Waals surface area contributed by atoms with E-state index in [1.165, 1.54) is 31.3 Å². The average Bonchev–Trinajstić information content (AvgIpc) is 2.95. The van der Waals surface area contributed by atoms with E-state index in [0.717, 1.165) is 10.8 Å². The number of hydrogen-bond acceptors (Lipinski definition) is 4. The van der Waals surface area contributed by atoms with Crippen molar-refractivity contribution in [3.8, 4) is 11.4 Å². The van der Waals surface area contributed by atoms with Crippen LogP contribution in [0.4, 0.5) is 13.2 Å². The van der Waals surface area contributed by atoms with Crippen LogP contribution in [-0.2, 0) is 17.1 Å². The van der Waals surface area contributed by atoms with E-state index in [-0.39, 0.29) is 15.7 Å². The minimum atomic E-state index is -4.31. The van der Waals surface area contributed by atoms with Gasteiger partial charge in [-0.05, 0) is 12.1 Å². The molecular formula is C17H11ClF3N3O3S. The summed E-state index contributed by atoms with van der Waals surface area (Å²) in [4.78, 5) is 15.8.